The molecule has 0 atom stereocenters. The van der Waals surface area contributed by atoms with E-state index in [0.29, 0.717) is 6.54 Å². The lowest BCUT2D eigenvalue weighted by Gasteiger charge is -2.02. The second kappa shape index (κ2) is 2.64. The molecule has 1 heterocycles. The summed E-state index contributed by atoms with van der Waals surface area (Å²) in [5.74, 6) is 0.773. The molecule has 0 aliphatic rings. The minimum absolute atomic E-state index is 0.0231. The Morgan fingerprint density at radius 3 is 2.80 bits per heavy atom. The van der Waals surface area contributed by atoms with Crippen LogP contribution in [0.5, 0.6) is 0 Å². The first-order valence-electron chi connectivity index (χ1n) is 3.28. The fourth-order valence-corrected chi connectivity index (χ4v) is 0.913. The van der Waals surface area contributed by atoms with Crippen LogP contribution in [0.1, 0.15) is 12.7 Å². The van der Waals surface area contributed by atoms with E-state index in [9.17, 15) is 4.79 Å². The summed E-state index contributed by atoms with van der Waals surface area (Å²) < 4.78 is 1.62. The van der Waals surface area contributed by atoms with Gasteiger partial charge in [-0.1, -0.05) is 0 Å². The number of aromatic nitrogens is 2. The average Bonchev–Trinajstić information content (AvgIpc) is 1.88. The van der Waals surface area contributed by atoms with Crippen molar-refractivity contribution in [1.29, 1.82) is 0 Å². The molecule has 0 unspecified atom stereocenters. The molecule has 0 fully saturated rings. The molecule has 10 heavy (non-hydrogen) atoms. The molecule has 0 aliphatic carbocycles. The van der Waals surface area contributed by atoms with Crippen molar-refractivity contribution < 1.29 is 0 Å². The topological polar surface area (TPSA) is 34.9 Å². The van der Waals surface area contributed by atoms with E-state index >= 15 is 0 Å². The zero-order chi connectivity index (χ0) is 7.56. The van der Waals surface area contributed by atoms with E-state index in [-0.39, 0.29) is 5.56 Å². The maximum atomic E-state index is 11.0. The number of rotatable bonds is 1. The van der Waals surface area contributed by atoms with Crippen molar-refractivity contribution in [3.8, 4) is 0 Å². The normalized spacial score (nSPS) is 9.80. The van der Waals surface area contributed by atoms with E-state index < -0.39 is 0 Å². The van der Waals surface area contributed by atoms with Crippen LogP contribution in [0.2, 0.25) is 0 Å². The number of hydrogen-bond donors (Lipinski definition) is 0. The summed E-state index contributed by atoms with van der Waals surface area (Å²) in [5, 5.41) is 0. The summed E-state index contributed by atoms with van der Waals surface area (Å²) in [5.41, 5.74) is 0.0231. The van der Waals surface area contributed by atoms with E-state index in [1.807, 2.05) is 13.8 Å². The van der Waals surface area contributed by atoms with Crippen LogP contribution in [-0.2, 0) is 6.54 Å². The van der Waals surface area contributed by atoms with Crippen LogP contribution in [0.15, 0.2) is 17.1 Å². The van der Waals surface area contributed by atoms with E-state index in [4.69, 9.17) is 0 Å². The third-order valence-electron chi connectivity index (χ3n) is 1.45. The Morgan fingerprint density at radius 2 is 2.40 bits per heavy atom. The molecule has 54 valence electrons. The SMILES string of the molecule is CCn1c(C)nccc1=O. The molecule has 3 nitrogen and oxygen atoms in total. The third-order valence-corrected chi connectivity index (χ3v) is 1.45. The maximum Gasteiger partial charge on any atom is 0.253 e. The second-order valence-corrected chi connectivity index (χ2v) is 2.07. The average molecular weight is 138 g/mol. The van der Waals surface area contributed by atoms with E-state index in [1.54, 1.807) is 4.57 Å². The predicted molar refractivity (Wildman–Crippen MR) is 38.9 cm³/mol. The van der Waals surface area contributed by atoms with Crippen LogP contribution in [0.25, 0.3) is 0 Å². The molecule has 3 heteroatoms. The smallest absolute Gasteiger partial charge is 0.253 e. The van der Waals surface area contributed by atoms with Crippen LogP contribution in [0, 0.1) is 6.92 Å². The Balaban J connectivity index is 3.31. The first kappa shape index (κ1) is 6.99. The minimum Gasteiger partial charge on any atom is -0.297 e. The molecule has 0 saturated carbocycles. The van der Waals surface area contributed by atoms with E-state index in [0.717, 1.165) is 5.82 Å². The van der Waals surface area contributed by atoms with Crippen molar-refractivity contribution in [3.05, 3.63) is 28.4 Å². The Hall–Kier alpha value is -1.12. The molecular weight excluding hydrogens is 128 g/mol. The third kappa shape index (κ3) is 1.07. The van der Waals surface area contributed by atoms with Crippen molar-refractivity contribution in [1.82, 2.24) is 9.55 Å². The molecule has 1 aromatic rings. The molecule has 1 aromatic heterocycles. The molecule has 0 saturated heterocycles. The number of nitrogens with zero attached hydrogens (tertiary/aromatic N) is 2. The Kier molecular flexibility index (Phi) is 1.85. The van der Waals surface area contributed by atoms with Gasteiger partial charge in [0.15, 0.2) is 0 Å². The fraction of sp³-hybridized carbons (Fsp3) is 0.429. The Labute approximate surface area is 59.3 Å². The van der Waals surface area contributed by atoms with Crippen molar-refractivity contribution in [2.24, 2.45) is 0 Å². The van der Waals surface area contributed by atoms with Crippen LogP contribution in [-0.4, -0.2) is 9.55 Å². The zero-order valence-corrected chi connectivity index (χ0v) is 6.16. The predicted octanol–water partition coefficient (Wildman–Crippen LogP) is 0.572. The lowest BCUT2D eigenvalue weighted by molar-refractivity contribution is 0.674. The summed E-state index contributed by atoms with van der Waals surface area (Å²) >= 11 is 0. The first-order chi connectivity index (χ1) is 4.75. The van der Waals surface area contributed by atoms with Gasteiger partial charge in [0.25, 0.3) is 5.56 Å². The summed E-state index contributed by atoms with van der Waals surface area (Å²) in [7, 11) is 0. The lowest BCUT2D eigenvalue weighted by Crippen LogP contribution is -2.20. The monoisotopic (exact) mass is 138 g/mol. The highest BCUT2D eigenvalue weighted by Crippen LogP contribution is 1.85. The van der Waals surface area contributed by atoms with Gasteiger partial charge >= 0.3 is 0 Å². The maximum absolute atomic E-state index is 11.0. The summed E-state index contributed by atoms with van der Waals surface area (Å²) in [4.78, 5) is 15.0. The van der Waals surface area contributed by atoms with Gasteiger partial charge in [0.1, 0.15) is 5.82 Å². The van der Waals surface area contributed by atoms with Crippen molar-refractivity contribution in [2.45, 2.75) is 20.4 Å². The minimum atomic E-state index is 0.0231. The molecule has 0 radical (unpaired) electrons. The quantitative estimate of drug-likeness (QED) is 0.568. The molecule has 0 spiro atoms. The molecule has 0 aliphatic heterocycles. The zero-order valence-electron chi connectivity index (χ0n) is 6.16. The van der Waals surface area contributed by atoms with Crippen LogP contribution < -0.4 is 5.56 Å². The Morgan fingerprint density at radius 1 is 1.70 bits per heavy atom. The molecule has 0 bridgehead atoms. The summed E-state index contributed by atoms with van der Waals surface area (Å²) in [6.45, 7) is 4.44. The van der Waals surface area contributed by atoms with Crippen LogP contribution in [0.3, 0.4) is 0 Å². The van der Waals surface area contributed by atoms with Gasteiger partial charge in [0.2, 0.25) is 0 Å². The lowest BCUT2D eigenvalue weighted by atomic mass is 10.5. The number of aryl methyl sites for hydroxylation is 1. The highest BCUT2D eigenvalue weighted by Gasteiger charge is 1.94. The van der Waals surface area contributed by atoms with Crippen molar-refractivity contribution in [2.75, 3.05) is 0 Å². The van der Waals surface area contributed by atoms with Gasteiger partial charge in [-0.05, 0) is 13.8 Å². The largest absolute Gasteiger partial charge is 0.297 e. The van der Waals surface area contributed by atoms with Crippen LogP contribution in [0.4, 0.5) is 0 Å². The fourth-order valence-electron chi connectivity index (χ4n) is 0.913. The first-order valence-corrected chi connectivity index (χ1v) is 3.28. The Bertz CT molecular complexity index is 277. The molecular formula is C7H10N2O. The molecule has 0 aromatic carbocycles. The molecule has 1 rings (SSSR count). The van der Waals surface area contributed by atoms with Crippen LogP contribution >= 0.6 is 0 Å². The van der Waals surface area contributed by atoms with Gasteiger partial charge in [0.05, 0.1) is 0 Å². The van der Waals surface area contributed by atoms with Gasteiger partial charge in [-0.25, -0.2) is 4.98 Å². The summed E-state index contributed by atoms with van der Waals surface area (Å²) in [6, 6.07) is 1.47. The van der Waals surface area contributed by atoms with E-state index in [2.05, 4.69) is 4.98 Å². The van der Waals surface area contributed by atoms with Crippen molar-refractivity contribution in [3.63, 3.8) is 0 Å². The second-order valence-electron chi connectivity index (χ2n) is 2.07. The molecule has 0 amide bonds. The summed E-state index contributed by atoms with van der Waals surface area (Å²) in [6.07, 6.45) is 1.53. The van der Waals surface area contributed by atoms with Gasteiger partial charge < -0.3 is 0 Å². The number of hydrogen-bond acceptors (Lipinski definition) is 2. The van der Waals surface area contributed by atoms with Gasteiger partial charge in [-0.15, -0.1) is 0 Å². The van der Waals surface area contributed by atoms with E-state index in [1.165, 1.54) is 12.3 Å². The highest BCUT2D eigenvalue weighted by molar-refractivity contribution is 4.90. The van der Waals surface area contributed by atoms with Gasteiger partial charge in [0, 0.05) is 18.8 Å². The standard InChI is InChI=1S/C7H10N2O/c1-3-9-6(2)8-5-4-7(9)10/h4-5H,3H2,1-2H3. The highest BCUT2D eigenvalue weighted by atomic mass is 16.1. The van der Waals surface area contributed by atoms with Gasteiger partial charge in [-0.3, -0.25) is 9.36 Å². The van der Waals surface area contributed by atoms with Gasteiger partial charge in [-0.2, -0.15) is 0 Å². The molecule has 0 N–H and O–H groups in total. The van der Waals surface area contributed by atoms with Crippen molar-refractivity contribution >= 4 is 0 Å².